The topological polar surface area (TPSA) is 24.9 Å². The molecule has 2 aromatic rings. The van der Waals surface area contributed by atoms with Gasteiger partial charge in [-0.1, -0.05) is 24.6 Å². The maximum absolute atomic E-state index is 14.4. The predicted octanol–water partition coefficient (Wildman–Crippen LogP) is 5.10. The Morgan fingerprint density at radius 2 is 2.25 bits per heavy atom. The quantitative estimate of drug-likeness (QED) is 0.734. The Labute approximate surface area is 135 Å². The molecule has 0 bridgehead atoms. The van der Waals surface area contributed by atoms with Gasteiger partial charge in [-0.3, -0.25) is 0 Å². The van der Waals surface area contributed by atoms with Crippen molar-refractivity contribution < 1.29 is 4.39 Å². The lowest BCUT2D eigenvalue weighted by Crippen LogP contribution is -2.23. The molecule has 0 aliphatic carbocycles. The molecular formula is C14H15BrClFN2S. The average Bonchev–Trinajstić information content (AvgIpc) is 2.85. The van der Waals surface area contributed by atoms with E-state index in [2.05, 4.69) is 33.2 Å². The molecule has 1 atom stereocenters. The highest BCUT2D eigenvalue weighted by Crippen LogP contribution is 2.34. The van der Waals surface area contributed by atoms with Gasteiger partial charge in [0.2, 0.25) is 0 Å². The molecule has 2 rings (SSSR count). The number of rotatable bonds is 5. The van der Waals surface area contributed by atoms with Crippen LogP contribution in [0.4, 0.5) is 4.39 Å². The predicted molar refractivity (Wildman–Crippen MR) is 86.1 cm³/mol. The van der Waals surface area contributed by atoms with Crippen LogP contribution in [0.15, 0.2) is 22.8 Å². The number of hydrogen-bond acceptors (Lipinski definition) is 3. The van der Waals surface area contributed by atoms with E-state index in [1.165, 1.54) is 0 Å². The van der Waals surface area contributed by atoms with E-state index in [0.29, 0.717) is 10.0 Å². The van der Waals surface area contributed by atoms with Crippen molar-refractivity contribution in [2.45, 2.75) is 26.3 Å². The summed E-state index contributed by atoms with van der Waals surface area (Å²) in [4.78, 5) is 5.25. The Balaban J connectivity index is 2.43. The zero-order valence-corrected chi connectivity index (χ0v) is 14.4. The maximum Gasteiger partial charge on any atom is 0.148 e. The van der Waals surface area contributed by atoms with Crippen LogP contribution in [0.5, 0.6) is 0 Å². The summed E-state index contributed by atoms with van der Waals surface area (Å²) in [6.45, 7) is 4.82. The zero-order valence-electron chi connectivity index (χ0n) is 11.2. The summed E-state index contributed by atoms with van der Waals surface area (Å²) in [5, 5.41) is 4.44. The van der Waals surface area contributed by atoms with Crippen LogP contribution >= 0.6 is 38.9 Å². The minimum absolute atomic E-state index is 0.118. The number of benzene rings is 1. The molecule has 1 aromatic heterocycles. The van der Waals surface area contributed by atoms with Crippen LogP contribution in [0.3, 0.4) is 0 Å². The van der Waals surface area contributed by atoms with E-state index in [4.69, 9.17) is 11.6 Å². The first-order valence-electron chi connectivity index (χ1n) is 6.33. The Morgan fingerprint density at radius 1 is 1.50 bits per heavy atom. The van der Waals surface area contributed by atoms with Crippen molar-refractivity contribution in [3.05, 3.63) is 49.1 Å². The summed E-state index contributed by atoms with van der Waals surface area (Å²) < 4.78 is 15.0. The van der Waals surface area contributed by atoms with Crippen LogP contribution in [0.1, 0.15) is 34.8 Å². The molecule has 0 fully saturated rings. The summed E-state index contributed by atoms with van der Waals surface area (Å²) in [7, 11) is 0. The normalized spacial score (nSPS) is 12.7. The fourth-order valence-corrected chi connectivity index (χ4v) is 3.29. The molecule has 0 aliphatic rings. The Hall–Kier alpha value is -0.490. The minimum Gasteiger partial charge on any atom is -0.305 e. The Kier molecular flexibility index (Phi) is 5.55. The van der Waals surface area contributed by atoms with E-state index >= 15 is 0 Å². The van der Waals surface area contributed by atoms with Crippen LogP contribution in [0.25, 0.3) is 0 Å². The van der Waals surface area contributed by atoms with Gasteiger partial charge in [0.15, 0.2) is 0 Å². The van der Waals surface area contributed by atoms with Gasteiger partial charge in [0.05, 0.1) is 16.1 Å². The first-order valence-corrected chi connectivity index (χ1v) is 8.32. The lowest BCUT2D eigenvalue weighted by molar-refractivity contribution is 0.550. The maximum atomic E-state index is 14.4. The van der Waals surface area contributed by atoms with E-state index in [1.807, 2.05) is 6.92 Å². The fraction of sp³-hybridized carbons (Fsp3) is 0.357. The molecule has 1 aromatic carbocycles. The van der Waals surface area contributed by atoms with Crippen molar-refractivity contribution in [1.29, 1.82) is 0 Å². The third-order valence-electron chi connectivity index (χ3n) is 2.90. The van der Waals surface area contributed by atoms with Crippen molar-refractivity contribution in [3.8, 4) is 0 Å². The second kappa shape index (κ2) is 6.98. The summed E-state index contributed by atoms with van der Waals surface area (Å²) in [5.41, 5.74) is 0.551. The van der Waals surface area contributed by atoms with Gasteiger partial charge in [0.25, 0.3) is 0 Å². The molecule has 1 N–H and O–H groups in total. The van der Waals surface area contributed by atoms with Crippen molar-refractivity contribution in [1.82, 2.24) is 10.3 Å². The number of aromatic nitrogens is 1. The smallest absolute Gasteiger partial charge is 0.148 e. The molecule has 108 valence electrons. The van der Waals surface area contributed by atoms with Gasteiger partial charge < -0.3 is 5.32 Å². The number of aryl methyl sites for hydroxylation is 1. The van der Waals surface area contributed by atoms with Crippen molar-refractivity contribution in [3.63, 3.8) is 0 Å². The summed E-state index contributed by atoms with van der Waals surface area (Å²) in [6.07, 6.45) is 2.77. The van der Waals surface area contributed by atoms with Gasteiger partial charge >= 0.3 is 0 Å². The largest absolute Gasteiger partial charge is 0.305 e. The first-order chi connectivity index (χ1) is 9.54. The van der Waals surface area contributed by atoms with Gasteiger partial charge in [-0.2, -0.15) is 0 Å². The average molecular weight is 378 g/mol. The number of nitrogens with one attached hydrogen (secondary N) is 1. The molecule has 20 heavy (non-hydrogen) atoms. The number of halogens is 3. The first kappa shape index (κ1) is 15.9. The molecule has 0 saturated carbocycles. The third-order valence-corrected chi connectivity index (χ3v) is 5.13. The molecular weight excluding hydrogens is 363 g/mol. The van der Waals surface area contributed by atoms with E-state index in [0.717, 1.165) is 22.9 Å². The van der Waals surface area contributed by atoms with E-state index in [1.54, 1.807) is 29.7 Å². The van der Waals surface area contributed by atoms with Crippen molar-refractivity contribution in [2.75, 3.05) is 6.54 Å². The van der Waals surface area contributed by atoms with Crippen LogP contribution in [0.2, 0.25) is 5.02 Å². The number of hydrogen-bond donors (Lipinski definition) is 1. The lowest BCUT2D eigenvalue weighted by atomic mass is 10.0. The van der Waals surface area contributed by atoms with Crippen LogP contribution in [-0.2, 0) is 0 Å². The number of thiazole rings is 1. The van der Waals surface area contributed by atoms with E-state index in [9.17, 15) is 4.39 Å². The Morgan fingerprint density at radius 3 is 2.85 bits per heavy atom. The summed E-state index contributed by atoms with van der Waals surface area (Å²) in [5.74, 6) is -0.388. The van der Waals surface area contributed by atoms with Crippen molar-refractivity contribution in [2.24, 2.45) is 0 Å². The van der Waals surface area contributed by atoms with Gasteiger partial charge in [-0.25, -0.2) is 9.37 Å². The standard InChI is InChI=1S/C14H15BrClFN2S/c1-3-6-18-14(11-7-19-8(2)20-11)9-4-5-10(15)12(16)13(9)17/h4-5,7,14,18H,3,6H2,1-2H3. The minimum atomic E-state index is -0.388. The van der Waals surface area contributed by atoms with Gasteiger partial charge in [0, 0.05) is 21.1 Å². The van der Waals surface area contributed by atoms with Gasteiger partial charge in [-0.05, 0) is 41.9 Å². The summed E-state index contributed by atoms with van der Waals surface area (Å²) in [6, 6.07) is 3.31. The number of nitrogens with zero attached hydrogens (tertiary/aromatic N) is 1. The van der Waals surface area contributed by atoms with Crippen molar-refractivity contribution >= 4 is 38.9 Å². The van der Waals surface area contributed by atoms with Gasteiger partial charge in [-0.15, -0.1) is 11.3 Å². The van der Waals surface area contributed by atoms with E-state index in [-0.39, 0.29) is 16.9 Å². The lowest BCUT2D eigenvalue weighted by Gasteiger charge is -2.18. The molecule has 0 radical (unpaired) electrons. The van der Waals surface area contributed by atoms with Crippen LogP contribution < -0.4 is 5.32 Å². The van der Waals surface area contributed by atoms with Gasteiger partial charge in [0.1, 0.15) is 5.82 Å². The molecule has 1 heterocycles. The SMILES string of the molecule is CCCNC(c1cnc(C)s1)c1ccc(Br)c(Cl)c1F. The highest BCUT2D eigenvalue weighted by molar-refractivity contribution is 9.10. The Bertz CT molecular complexity index is 603. The third kappa shape index (κ3) is 3.39. The molecule has 0 spiro atoms. The molecule has 2 nitrogen and oxygen atoms in total. The second-order valence-corrected chi connectivity index (χ2v) is 6.93. The zero-order chi connectivity index (χ0) is 14.7. The fourth-order valence-electron chi connectivity index (χ4n) is 1.93. The van der Waals surface area contributed by atoms with E-state index < -0.39 is 0 Å². The monoisotopic (exact) mass is 376 g/mol. The highest BCUT2D eigenvalue weighted by Gasteiger charge is 2.22. The molecule has 0 amide bonds. The second-order valence-electron chi connectivity index (χ2n) is 4.43. The van der Waals surface area contributed by atoms with Crippen LogP contribution in [0, 0.1) is 12.7 Å². The molecule has 6 heteroatoms. The molecule has 0 saturated heterocycles. The molecule has 0 aliphatic heterocycles. The summed E-state index contributed by atoms with van der Waals surface area (Å²) >= 11 is 10.8. The molecule has 1 unspecified atom stereocenters. The van der Waals surface area contributed by atoms with Crippen LogP contribution in [-0.4, -0.2) is 11.5 Å². The highest BCUT2D eigenvalue weighted by atomic mass is 79.9.